The number of anilines is 1. The highest BCUT2D eigenvalue weighted by Crippen LogP contribution is 2.27. The molecule has 1 aromatic rings. The van der Waals surface area contributed by atoms with Gasteiger partial charge in [0, 0.05) is 12.1 Å². The summed E-state index contributed by atoms with van der Waals surface area (Å²) in [5, 5.41) is 3.84. The van der Waals surface area contributed by atoms with E-state index < -0.39 is 0 Å². The number of aromatic nitrogens is 2. The number of aryl methyl sites for hydroxylation is 1. The van der Waals surface area contributed by atoms with Gasteiger partial charge in [-0.3, -0.25) is 0 Å². The number of hydrogen-bond acceptors (Lipinski definition) is 4. The third-order valence-corrected chi connectivity index (χ3v) is 4.47. The van der Waals surface area contributed by atoms with Crippen LogP contribution in [0.3, 0.4) is 0 Å². The summed E-state index contributed by atoms with van der Waals surface area (Å²) < 4.78 is 0. The van der Waals surface area contributed by atoms with Crippen molar-refractivity contribution in [2.45, 2.75) is 44.9 Å². The highest BCUT2D eigenvalue weighted by Gasteiger charge is 2.18. The largest absolute Gasteiger partial charge is 0.370 e. The number of likely N-dealkylation sites (tertiary alicyclic amines) is 1. The molecule has 0 saturated carbocycles. The molecule has 1 aliphatic carbocycles. The lowest BCUT2D eigenvalue weighted by Crippen LogP contribution is -2.21. The van der Waals surface area contributed by atoms with Crippen molar-refractivity contribution in [3.05, 3.63) is 16.5 Å². The normalized spacial score (nSPS) is 18.4. The molecular weight excluding hydrogens is 272 g/mol. The fraction of sp³-hybridized carbons (Fsp3) is 0.733. The van der Waals surface area contributed by atoms with Gasteiger partial charge in [-0.2, -0.15) is 0 Å². The summed E-state index contributed by atoms with van der Waals surface area (Å²) in [5.41, 5.74) is 2.43. The summed E-state index contributed by atoms with van der Waals surface area (Å²) in [5.74, 6) is 0.971. The molecule has 0 aromatic carbocycles. The van der Waals surface area contributed by atoms with Gasteiger partial charge in [-0.1, -0.05) is 0 Å². The first-order valence-corrected chi connectivity index (χ1v) is 8.22. The molecule has 0 radical (unpaired) electrons. The Balaban J connectivity index is 1.44. The van der Waals surface area contributed by atoms with Crippen LogP contribution in [0.15, 0.2) is 0 Å². The van der Waals surface area contributed by atoms with Crippen LogP contribution >= 0.6 is 11.6 Å². The van der Waals surface area contributed by atoms with Crippen molar-refractivity contribution in [2.75, 3.05) is 31.5 Å². The number of nitrogens with zero attached hydrogens (tertiary/aromatic N) is 3. The van der Waals surface area contributed by atoms with Crippen molar-refractivity contribution in [2.24, 2.45) is 0 Å². The zero-order chi connectivity index (χ0) is 13.8. The van der Waals surface area contributed by atoms with E-state index in [1.54, 1.807) is 0 Å². The molecule has 20 heavy (non-hydrogen) atoms. The molecule has 0 spiro atoms. The van der Waals surface area contributed by atoms with Crippen LogP contribution < -0.4 is 5.32 Å². The van der Waals surface area contributed by atoms with Crippen LogP contribution in [0.2, 0.25) is 5.28 Å². The first-order valence-electron chi connectivity index (χ1n) is 7.84. The lowest BCUT2D eigenvalue weighted by atomic mass is 10.2. The van der Waals surface area contributed by atoms with Crippen LogP contribution in [0.1, 0.15) is 43.4 Å². The van der Waals surface area contributed by atoms with Crippen LogP contribution in [-0.2, 0) is 12.8 Å². The molecule has 5 heteroatoms. The predicted octanol–water partition coefficient (Wildman–Crippen LogP) is 2.91. The first-order chi connectivity index (χ1) is 9.83. The number of halogens is 1. The maximum atomic E-state index is 5.99. The van der Waals surface area contributed by atoms with Gasteiger partial charge in [0.05, 0.1) is 5.69 Å². The second kappa shape index (κ2) is 6.72. The molecule has 0 atom stereocenters. The van der Waals surface area contributed by atoms with E-state index in [1.165, 1.54) is 57.3 Å². The minimum atomic E-state index is 0.380. The van der Waals surface area contributed by atoms with Crippen LogP contribution in [0.4, 0.5) is 5.82 Å². The average Bonchev–Trinajstić information content (AvgIpc) is 3.08. The Morgan fingerprint density at radius 3 is 2.75 bits per heavy atom. The third-order valence-electron chi connectivity index (χ3n) is 4.30. The smallest absolute Gasteiger partial charge is 0.224 e. The van der Waals surface area contributed by atoms with E-state index in [4.69, 9.17) is 11.6 Å². The standard InChI is InChI=1S/C15H23ClN4/c16-15-18-13-7-5-6-12(13)14(19-15)17-8-1-2-9-20-10-3-4-11-20/h1-11H2,(H,17,18,19). The van der Waals surface area contributed by atoms with E-state index in [9.17, 15) is 0 Å². The topological polar surface area (TPSA) is 41.1 Å². The predicted molar refractivity (Wildman–Crippen MR) is 82.5 cm³/mol. The summed E-state index contributed by atoms with van der Waals surface area (Å²) >= 11 is 5.99. The Morgan fingerprint density at radius 1 is 1.05 bits per heavy atom. The highest BCUT2D eigenvalue weighted by molar-refractivity contribution is 6.28. The van der Waals surface area contributed by atoms with Gasteiger partial charge in [0.25, 0.3) is 0 Å². The van der Waals surface area contributed by atoms with Crippen molar-refractivity contribution in [1.29, 1.82) is 0 Å². The van der Waals surface area contributed by atoms with E-state index in [0.29, 0.717) is 5.28 Å². The van der Waals surface area contributed by atoms with E-state index in [-0.39, 0.29) is 0 Å². The fourth-order valence-electron chi connectivity index (χ4n) is 3.22. The van der Waals surface area contributed by atoms with Crippen LogP contribution in [0.25, 0.3) is 0 Å². The Labute approximate surface area is 125 Å². The van der Waals surface area contributed by atoms with Gasteiger partial charge < -0.3 is 10.2 Å². The SMILES string of the molecule is Clc1nc2c(c(NCCCCN3CCCC3)n1)CCC2. The molecule has 1 fully saturated rings. The summed E-state index contributed by atoms with van der Waals surface area (Å²) in [7, 11) is 0. The van der Waals surface area contributed by atoms with Crippen molar-refractivity contribution < 1.29 is 0 Å². The van der Waals surface area contributed by atoms with Crippen LogP contribution in [-0.4, -0.2) is 41.0 Å². The molecule has 1 aromatic heterocycles. The number of nitrogens with one attached hydrogen (secondary N) is 1. The van der Waals surface area contributed by atoms with Gasteiger partial charge >= 0.3 is 0 Å². The second-order valence-electron chi connectivity index (χ2n) is 5.80. The number of unbranched alkanes of at least 4 members (excludes halogenated alkanes) is 1. The van der Waals surface area contributed by atoms with Gasteiger partial charge in [0.15, 0.2) is 0 Å². The van der Waals surface area contributed by atoms with E-state index in [0.717, 1.165) is 30.9 Å². The summed E-state index contributed by atoms with van der Waals surface area (Å²) in [6.45, 7) is 4.81. The summed E-state index contributed by atoms with van der Waals surface area (Å²) in [4.78, 5) is 11.2. The van der Waals surface area contributed by atoms with E-state index in [1.807, 2.05) is 0 Å². The van der Waals surface area contributed by atoms with Crippen LogP contribution in [0, 0.1) is 0 Å². The number of rotatable bonds is 6. The molecule has 0 bridgehead atoms. The average molecular weight is 295 g/mol. The van der Waals surface area contributed by atoms with Crippen molar-refractivity contribution >= 4 is 17.4 Å². The molecule has 110 valence electrons. The quantitative estimate of drug-likeness (QED) is 0.647. The monoisotopic (exact) mass is 294 g/mol. The van der Waals surface area contributed by atoms with Gasteiger partial charge in [0.1, 0.15) is 5.82 Å². The van der Waals surface area contributed by atoms with Gasteiger partial charge in [-0.25, -0.2) is 9.97 Å². The molecule has 4 nitrogen and oxygen atoms in total. The number of hydrogen-bond donors (Lipinski definition) is 1. The Morgan fingerprint density at radius 2 is 1.90 bits per heavy atom. The Hall–Kier alpha value is -0.870. The van der Waals surface area contributed by atoms with Crippen LogP contribution in [0.5, 0.6) is 0 Å². The van der Waals surface area contributed by atoms with Crippen molar-refractivity contribution in [3.63, 3.8) is 0 Å². The Kier molecular flexibility index (Phi) is 4.73. The Bertz CT molecular complexity index is 457. The third kappa shape index (κ3) is 3.41. The highest BCUT2D eigenvalue weighted by atomic mass is 35.5. The van der Waals surface area contributed by atoms with Gasteiger partial charge in [-0.05, 0) is 76.2 Å². The van der Waals surface area contributed by atoms with E-state index >= 15 is 0 Å². The molecule has 0 unspecified atom stereocenters. The van der Waals surface area contributed by atoms with Gasteiger partial charge in [0.2, 0.25) is 5.28 Å². The molecule has 1 aliphatic heterocycles. The molecule has 3 rings (SSSR count). The second-order valence-corrected chi connectivity index (χ2v) is 6.14. The fourth-order valence-corrected chi connectivity index (χ4v) is 3.41. The zero-order valence-electron chi connectivity index (χ0n) is 12.0. The molecule has 1 N–H and O–H groups in total. The van der Waals surface area contributed by atoms with Crippen molar-refractivity contribution in [1.82, 2.24) is 14.9 Å². The van der Waals surface area contributed by atoms with Crippen molar-refractivity contribution in [3.8, 4) is 0 Å². The molecular formula is C15H23ClN4. The maximum absolute atomic E-state index is 5.99. The van der Waals surface area contributed by atoms with Gasteiger partial charge in [-0.15, -0.1) is 0 Å². The lowest BCUT2D eigenvalue weighted by molar-refractivity contribution is 0.331. The zero-order valence-corrected chi connectivity index (χ0v) is 12.8. The molecule has 0 amide bonds. The minimum Gasteiger partial charge on any atom is -0.370 e. The molecule has 1 saturated heterocycles. The van der Waals surface area contributed by atoms with E-state index in [2.05, 4.69) is 20.2 Å². The molecule has 2 aliphatic rings. The molecule has 2 heterocycles. The number of fused-ring (bicyclic) bond motifs is 1. The first kappa shape index (κ1) is 14.1. The lowest BCUT2D eigenvalue weighted by Gasteiger charge is -2.14. The minimum absolute atomic E-state index is 0.380. The summed E-state index contributed by atoms with van der Waals surface area (Å²) in [6, 6.07) is 0. The summed E-state index contributed by atoms with van der Waals surface area (Å²) in [6.07, 6.45) is 8.51. The maximum Gasteiger partial charge on any atom is 0.224 e.